The van der Waals surface area contributed by atoms with Crippen LogP contribution in [-0.2, 0) is 12.8 Å². The van der Waals surface area contributed by atoms with E-state index in [-0.39, 0.29) is 0 Å². The zero-order valence-electron chi connectivity index (χ0n) is 12.4. The highest BCUT2D eigenvalue weighted by molar-refractivity contribution is 5.97. The lowest BCUT2D eigenvalue weighted by molar-refractivity contribution is 0.100. The third-order valence-electron chi connectivity index (χ3n) is 4.85. The van der Waals surface area contributed by atoms with E-state index in [0.29, 0.717) is 29.9 Å². The van der Waals surface area contributed by atoms with Gasteiger partial charge in [-0.05, 0) is 56.2 Å². The van der Waals surface area contributed by atoms with Crippen molar-refractivity contribution in [2.24, 2.45) is 17.4 Å². The third kappa shape index (κ3) is 2.88. The number of pyridine rings is 1. The van der Waals surface area contributed by atoms with E-state index in [4.69, 9.17) is 11.5 Å². The van der Waals surface area contributed by atoms with Gasteiger partial charge in [0, 0.05) is 11.7 Å². The number of aromatic nitrogens is 1. The molecule has 0 aliphatic heterocycles. The van der Waals surface area contributed by atoms with E-state index in [0.717, 1.165) is 37.8 Å². The lowest BCUT2D eigenvalue weighted by Gasteiger charge is -2.32. The van der Waals surface area contributed by atoms with Gasteiger partial charge in [0.1, 0.15) is 5.82 Å². The maximum absolute atomic E-state index is 11.7. The van der Waals surface area contributed by atoms with Crippen LogP contribution in [0.1, 0.15) is 53.7 Å². The summed E-state index contributed by atoms with van der Waals surface area (Å²) < 4.78 is 0. The van der Waals surface area contributed by atoms with Crippen LogP contribution in [0.15, 0.2) is 6.07 Å². The lowest BCUT2D eigenvalue weighted by atomic mass is 9.84. The summed E-state index contributed by atoms with van der Waals surface area (Å²) in [5, 5.41) is 3.47. The smallest absolute Gasteiger partial charge is 0.252 e. The van der Waals surface area contributed by atoms with Crippen LogP contribution in [0.2, 0.25) is 0 Å². The number of anilines is 1. The first-order valence-corrected chi connectivity index (χ1v) is 7.98. The lowest BCUT2D eigenvalue weighted by Crippen LogP contribution is -2.37. The zero-order chi connectivity index (χ0) is 14.8. The molecule has 5 N–H and O–H groups in total. The summed E-state index contributed by atoms with van der Waals surface area (Å²) in [6, 6.07) is 2.23. The van der Waals surface area contributed by atoms with Crippen molar-refractivity contribution in [1.82, 2.24) is 4.98 Å². The fourth-order valence-electron chi connectivity index (χ4n) is 3.63. The van der Waals surface area contributed by atoms with Gasteiger partial charge in [0.15, 0.2) is 0 Å². The fourth-order valence-corrected chi connectivity index (χ4v) is 3.63. The van der Waals surface area contributed by atoms with Gasteiger partial charge in [-0.3, -0.25) is 4.79 Å². The molecule has 1 heterocycles. The Morgan fingerprint density at radius 2 is 2.10 bits per heavy atom. The number of hydrogen-bond donors (Lipinski definition) is 3. The molecule has 2 atom stereocenters. The molecular weight excluding hydrogens is 264 g/mol. The van der Waals surface area contributed by atoms with E-state index in [1.165, 1.54) is 18.4 Å². The number of nitrogens with two attached hydrogens (primary N) is 2. The van der Waals surface area contributed by atoms with Crippen molar-refractivity contribution < 1.29 is 4.79 Å². The van der Waals surface area contributed by atoms with Gasteiger partial charge in [0.05, 0.1) is 5.56 Å². The maximum atomic E-state index is 11.7. The summed E-state index contributed by atoms with van der Waals surface area (Å²) in [5.41, 5.74) is 14.2. The SMILES string of the molecule is NCC1CCCCC1Nc1nc2c(cc1C(N)=O)CCC2. The molecule has 114 valence electrons. The largest absolute Gasteiger partial charge is 0.366 e. The minimum absolute atomic E-state index is 0.300. The van der Waals surface area contributed by atoms with Crippen molar-refractivity contribution in [1.29, 1.82) is 0 Å². The van der Waals surface area contributed by atoms with Gasteiger partial charge in [-0.1, -0.05) is 12.8 Å². The van der Waals surface area contributed by atoms with E-state index in [1.54, 1.807) is 0 Å². The maximum Gasteiger partial charge on any atom is 0.252 e. The highest BCUT2D eigenvalue weighted by Gasteiger charge is 2.26. The number of nitrogens with one attached hydrogen (secondary N) is 1. The van der Waals surface area contributed by atoms with Crippen LogP contribution in [0.5, 0.6) is 0 Å². The standard InChI is InChI=1S/C16H24N4O/c17-9-11-4-1-2-6-14(11)20-16-12(15(18)21)8-10-5-3-7-13(10)19-16/h8,11,14H,1-7,9,17H2,(H2,18,21)(H,19,20). The molecule has 1 fully saturated rings. The zero-order valence-corrected chi connectivity index (χ0v) is 12.4. The molecule has 1 aromatic rings. The summed E-state index contributed by atoms with van der Waals surface area (Å²) in [5.74, 6) is 0.711. The van der Waals surface area contributed by atoms with E-state index >= 15 is 0 Å². The van der Waals surface area contributed by atoms with Crippen molar-refractivity contribution in [3.63, 3.8) is 0 Å². The number of fused-ring (bicyclic) bond motifs is 1. The second-order valence-corrected chi connectivity index (χ2v) is 6.24. The number of nitrogens with zero attached hydrogens (tertiary/aromatic N) is 1. The first-order valence-electron chi connectivity index (χ1n) is 7.98. The molecule has 1 saturated carbocycles. The molecule has 3 rings (SSSR count). The molecule has 0 aromatic carbocycles. The molecule has 1 amide bonds. The molecule has 0 spiro atoms. The van der Waals surface area contributed by atoms with E-state index in [2.05, 4.69) is 10.3 Å². The van der Waals surface area contributed by atoms with Crippen molar-refractivity contribution in [3.8, 4) is 0 Å². The van der Waals surface area contributed by atoms with Crippen LogP contribution in [0.3, 0.4) is 0 Å². The normalized spacial score (nSPS) is 24.6. The summed E-state index contributed by atoms with van der Waals surface area (Å²) in [6.45, 7) is 0.675. The number of carbonyl (C=O) groups excluding carboxylic acids is 1. The number of amides is 1. The number of primary amides is 1. The van der Waals surface area contributed by atoms with E-state index in [9.17, 15) is 4.79 Å². The Morgan fingerprint density at radius 1 is 1.29 bits per heavy atom. The molecule has 2 unspecified atom stereocenters. The molecule has 5 heteroatoms. The first-order chi connectivity index (χ1) is 10.2. The molecule has 0 saturated heterocycles. The minimum atomic E-state index is -0.403. The molecule has 2 aliphatic rings. The van der Waals surface area contributed by atoms with Crippen molar-refractivity contribution in [2.75, 3.05) is 11.9 Å². The minimum Gasteiger partial charge on any atom is -0.366 e. The average molecular weight is 288 g/mol. The summed E-state index contributed by atoms with van der Waals surface area (Å²) in [4.78, 5) is 16.4. The second-order valence-electron chi connectivity index (χ2n) is 6.24. The number of carbonyl (C=O) groups is 1. The Hall–Kier alpha value is -1.62. The predicted molar refractivity (Wildman–Crippen MR) is 83.2 cm³/mol. The van der Waals surface area contributed by atoms with Crippen LogP contribution in [0.25, 0.3) is 0 Å². The van der Waals surface area contributed by atoms with Crippen molar-refractivity contribution >= 4 is 11.7 Å². The third-order valence-corrected chi connectivity index (χ3v) is 4.85. The fraction of sp³-hybridized carbons (Fsp3) is 0.625. The Balaban J connectivity index is 1.88. The van der Waals surface area contributed by atoms with Crippen LogP contribution in [0.4, 0.5) is 5.82 Å². The topological polar surface area (TPSA) is 94.0 Å². The number of hydrogen-bond acceptors (Lipinski definition) is 4. The van der Waals surface area contributed by atoms with Gasteiger partial charge in [0.2, 0.25) is 0 Å². The Morgan fingerprint density at radius 3 is 2.86 bits per heavy atom. The Labute approximate surface area is 125 Å². The quantitative estimate of drug-likeness (QED) is 0.784. The van der Waals surface area contributed by atoms with Gasteiger partial charge in [-0.15, -0.1) is 0 Å². The monoisotopic (exact) mass is 288 g/mol. The highest BCUT2D eigenvalue weighted by Crippen LogP contribution is 2.29. The van der Waals surface area contributed by atoms with Gasteiger partial charge in [-0.2, -0.15) is 0 Å². The molecule has 0 bridgehead atoms. The second kappa shape index (κ2) is 6.02. The van der Waals surface area contributed by atoms with E-state index in [1.807, 2.05) is 6.07 Å². The molecular formula is C16H24N4O. The van der Waals surface area contributed by atoms with Crippen LogP contribution < -0.4 is 16.8 Å². The molecule has 21 heavy (non-hydrogen) atoms. The van der Waals surface area contributed by atoms with Gasteiger partial charge >= 0.3 is 0 Å². The van der Waals surface area contributed by atoms with Crippen LogP contribution in [0, 0.1) is 5.92 Å². The molecule has 2 aliphatic carbocycles. The number of aryl methyl sites for hydroxylation is 2. The van der Waals surface area contributed by atoms with Gasteiger partial charge in [0.25, 0.3) is 5.91 Å². The van der Waals surface area contributed by atoms with Crippen LogP contribution >= 0.6 is 0 Å². The van der Waals surface area contributed by atoms with Gasteiger partial charge < -0.3 is 16.8 Å². The van der Waals surface area contributed by atoms with E-state index < -0.39 is 5.91 Å². The molecule has 1 aromatic heterocycles. The van der Waals surface area contributed by atoms with Crippen molar-refractivity contribution in [3.05, 3.63) is 22.9 Å². The summed E-state index contributed by atoms with van der Waals surface area (Å²) >= 11 is 0. The predicted octanol–water partition coefficient (Wildman–Crippen LogP) is 1.60. The number of rotatable bonds is 4. The van der Waals surface area contributed by atoms with Gasteiger partial charge in [-0.25, -0.2) is 4.98 Å². The average Bonchev–Trinajstić information content (AvgIpc) is 2.94. The summed E-state index contributed by atoms with van der Waals surface area (Å²) in [7, 11) is 0. The van der Waals surface area contributed by atoms with Crippen molar-refractivity contribution in [2.45, 2.75) is 51.0 Å². The molecule has 5 nitrogen and oxygen atoms in total. The van der Waals surface area contributed by atoms with Crippen LogP contribution in [-0.4, -0.2) is 23.5 Å². The Bertz CT molecular complexity index is 543. The first kappa shape index (κ1) is 14.3. The molecule has 0 radical (unpaired) electrons. The summed E-state index contributed by atoms with van der Waals surface area (Å²) in [6.07, 6.45) is 7.76. The Kier molecular flexibility index (Phi) is 4.10. The highest BCUT2D eigenvalue weighted by atomic mass is 16.1.